The minimum absolute atomic E-state index is 0.106. The molecule has 2 N–H and O–H groups in total. The Morgan fingerprint density at radius 2 is 1.70 bits per heavy atom. The van der Waals surface area contributed by atoms with Crippen molar-refractivity contribution in [1.82, 2.24) is 25.0 Å². The zero-order valence-corrected chi connectivity index (χ0v) is 24.5. The van der Waals surface area contributed by atoms with Crippen LogP contribution in [-0.4, -0.2) is 86.6 Å². The van der Waals surface area contributed by atoms with Gasteiger partial charge in [0, 0.05) is 30.2 Å². The number of halogens is 2. The van der Waals surface area contributed by atoms with Crippen molar-refractivity contribution < 1.29 is 22.0 Å². The molecule has 2 aliphatic heterocycles. The number of benzene rings is 3. The van der Waals surface area contributed by atoms with Crippen LogP contribution in [0.15, 0.2) is 76.7 Å². The van der Waals surface area contributed by atoms with Crippen LogP contribution in [0.25, 0.3) is 10.9 Å². The van der Waals surface area contributed by atoms with Gasteiger partial charge in [0.25, 0.3) is 5.91 Å². The molecule has 4 aromatic rings. The maximum Gasteiger partial charge on any atom is 0.255 e. The number of sulfone groups is 1. The van der Waals surface area contributed by atoms with Crippen LogP contribution in [0.1, 0.15) is 23.2 Å². The fourth-order valence-electron chi connectivity index (χ4n) is 5.65. The van der Waals surface area contributed by atoms with Crippen LogP contribution >= 0.6 is 0 Å². The third-order valence-corrected chi connectivity index (χ3v) is 9.67. The topological polar surface area (TPSA) is 103 Å². The maximum atomic E-state index is 13.8. The average molecular weight is 610 g/mol. The van der Waals surface area contributed by atoms with Crippen molar-refractivity contribution in [1.29, 1.82) is 0 Å². The number of amides is 1. The zero-order valence-electron chi connectivity index (χ0n) is 23.7. The van der Waals surface area contributed by atoms with Gasteiger partial charge in [0.2, 0.25) is 9.84 Å². The van der Waals surface area contributed by atoms with Gasteiger partial charge in [-0.3, -0.25) is 14.7 Å². The molecule has 10 nitrogen and oxygen atoms in total. The van der Waals surface area contributed by atoms with Gasteiger partial charge in [-0.2, -0.15) is 9.89 Å². The number of anilines is 1. The van der Waals surface area contributed by atoms with Crippen LogP contribution in [0, 0.1) is 11.6 Å². The van der Waals surface area contributed by atoms with Crippen LogP contribution < -0.4 is 15.6 Å². The second-order valence-corrected chi connectivity index (χ2v) is 12.9. The Kier molecular flexibility index (Phi) is 8.03. The molecule has 0 spiro atoms. The molecule has 2 fully saturated rings. The van der Waals surface area contributed by atoms with Crippen LogP contribution in [0.5, 0.6) is 0 Å². The number of likely N-dealkylation sites (N-methyl/N-ethyl adjacent to an activating group) is 1. The third kappa shape index (κ3) is 6.05. The monoisotopic (exact) mass is 609 g/mol. The lowest BCUT2D eigenvalue weighted by atomic mass is 10.1. The molecule has 3 heterocycles. The van der Waals surface area contributed by atoms with E-state index in [1.165, 1.54) is 31.2 Å². The lowest BCUT2D eigenvalue weighted by Crippen LogP contribution is -2.63. The number of carbonyl (C=O) groups is 1. The van der Waals surface area contributed by atoms with Crippen molar-refractivity contribution in [2.75, 3.05) is 56.8 Å². The quantitative estimate of drug-likeness (QED) is 0.314. The van der Waals surface area contributed by atoms with E-state index in [4.69, 9.17) is 0 Å². The Hall–Kier alpha value is -4.07. The van der Waals surface area contributed by atoms with Crippen molar-refractivity contribution in [2.45, 2.75) is 28.8 Å². The van der Waals surface area contributed by atoms with Gasteiger partial charge in [0.1, 0.15) is 17.8 Å². The highest BCUT2D eigenvalue weighted by Crippen LogP contribution is 2.27. The minimum atomic E-state index is -4.17. The number of carbonyl (C=O) groups excluding carboxylic acids is 1. The van der Waals surface area contributed by atoms with E-state index in [2.05, 4.69) is 25.5 Å². The third-order valence-electron chi connectivity index (χ3n) is 7.94. The molecule has 1 atom stereocenters. The van der Waals surface area contributed by atoms with E-state index in [-0.39, 0.29) is 10.8 Å². The summed E-state index contributed by atoms with van der Waals surface area (Å²) in [6.07, 6.45) is 3.47. The van der Waals surface area contributed by atoms with Crippen LogP contribution in [-0.2, 0) is 9.84 Å². The fraction of sp³-hybridized carbons (Fsp3) is 0.333. The second kappa shape index (κ2) is 11.9. The van der Waals surface area contributed by atoms with Gasteiger partial charge in [-0.25, -0.2) is 17.2 Å². The Morgan fingerprint density at radius 3 is 2.47 bits per heavy atom. The molecule has 2 saturated heterocycles. The molecule has 6 rings (SSSR count). The van der Waals surface area contributed by atoms with E-state index in [1.54, 1.807) is 16.9 Å². The van der Waals surface area contributed by atoms with Gasteiger partial charge in [-0.05, 0) is 75.4 Å². The predicted molar refractivity (Wildman–Crippen MR) is 159 cm³/mol. The number of rotatable bonds is 8. The van der Waals surface area contributed by atoms with E-state index in [1.807, 2.05) is 30.3 Å². The van der Waals surface area contributed by atoms with Crippen molar-refractivity contribution in [3.63, 3.8) is 0 Å². The van der Waals surface area contributed by atoms with Gasteiger partial charge in [0.05, 0.1) is 40.3 Å². The molecule has 13 heteroatoms. The Balaban J connectivity index is 1.25. The van der Waals surface area contributed by atoms with Gasteiger partial charge in [-0.15, -0.1) is 0 Å². The summed E-state index contributed by atoms with van der Waals surface area (Å²) in [6.45, 7) is 4.56. The number of para-hydroxylation sites is 1. The van der Waals surface area contributed by atoms with Crippen LogP contribution in [0.4, 0.5) is 14.5 Å². The van der Waals surface area contributed by atoms with Crippen molar-refractivity contribution in [3.8, 4) is 0 Å². The average Bonchev–Trinajstić information content (AvgIpc) is 3.66. The van der Waals surface area contributed by atoms with E-state index in [9.17, 15) is 22.0 Å². The first kappa shape index (κ1) is 29.0. The number of hydrogen-bond donors (Lipinski definition) is 2. The number of hydrogen-bond acceptors (Lipinski definition) is 8. The molecule has 0 saturated carbocycles. The first-order valence-electron chi connectivity index (χ1n) is 14.2. The summed E-state index contributed by atoms with van der Waals surface area (Å²) in [7, 11) is -2.19. The number of aromatic nitrogens is 2. The normalized spacial score (nSPS) is 18.3. The fourth-order valence-corrected chi connectivity index (χ4v) is 6.98. The van der Waals surface area contributed by atoms with E-state index in [0.29, 0.717) is 42.3 Å². The SMILES string of the molecule is CN1CCN(n2ncc3cc(S(=O)(=O)c4cc(F)cc(F)c4)ccc32)C(NC(=O)c2ccccc2NCN2CCCC2)C1. The number of nitrogens with one attached hydrogen (secondary N) is 2. The summed E-state index contributed by atoms with van der Waals surface area (Å²) in [5.41, 5.74) is 1.93. The summed E-state index contributed by atoms with van der Waals surface area (Å²) >= 11 is 0. The van der Waals surface area contributed by atoms with Gasteiger partial charge >= 0.3 is 0 Å². The highest BCUT2D eigenvalue weighted by Gasteiger charge is 2.30. The molecule has 1 aromatic heterocycles. The first-order valence-corrected chi connectivity index (χ1v) is 15.7. The Morgan fingerprint density at radius 1 is 0.953 bits per heavy atom. The highest BCUT2D eigenvalue weighted by atomic mass is 32.2. The summed E-state index contributed by atoms with van der Waals surface area (Å²) in [5.74, 6) is -2.16. The summed E-state index contributed by atoms with van der Waals surface area (Å²) in [5, 5.41) is 13.6. The van der Waals surface area contributed by atoms with Gasteiger partial charge < -0.3 is 15.5 Å². The van der Waals surface area contributed by atoms with Crippen LogP contribution in [0.3, 0.4) is 0 Å². The van der Waals surface area contributed by atoms with Gasteiger partial charge in [-0.1, -0.05) is 12.1 Å². The molecular formula is C30H33F2N7O3S. The molecule has 1 unspecified atom stereocenters. The van der Waals surface area contributed by atoms with Gasteiger partial charge in [0.15, 0.2) is 0 Å². The zero-order chi connectivity index (χ0) is 30.1. The predicted octanol–water partition coefficient (Wildman–Crippen LogP) is 3.25. The standard InChI is InChI=1S/C30H33F2N7O3S/c1-36-12-13-38(29(19-36)35-30(40)26-6-2-3-7-27(26)33-20-37-10-4-5-11-37)39-28-9-8-24(14-21(28)18-34-39)43(41,42)25-16-22(31)15-23(32)17-25/h2-3,6-9,14-18,29,33H,4-5,10-13,19-20H2,1H3,(H,35,40). The number of likely N-dealkylation sites (tertiary alicyclic amines) is 1. The Bertz CT molecular complexity index is 1740. The minimum Gasteiger partial charge on any atom is -0.372 e. The number of nitrogens with zero attached hydrogens (tertiary/aromatic N) is 5. The van der Waals surface area contributed by atoms with Crippen molar-refractivity contribution in [2.24, 2.45) is 0 Å². The van der Waals surface area contributed by atoms with E-state index >= 15 is 0 Å². The summed E-state index contributed by atoms with van der Waals surface area (Å²) in [6, 6.07) is 14.1. The van der Waals surface area contributed by atoms with Crippen LogP contribution in [0.2, 0.25) is 0 Å². The van der Waals surface area contributed by atoms with Crippen molar-refractivity contribution in [3.05, 3.63) is 84.1 Å². The van der Waals surface area contributed by atoms with E-state index in [0.717, 1.165) is 37.5 Å². The second-order valence-electron chi connectivity index (χ2n) is 11.0. The molecule has 2 aliphatic rings. The number of fused-ring (bicyclic) bond motifs is 1. The molecule has 226 valence electrons. The lowest BCUT2D eigenvalue weighted by molar-refractivity contribution is 0.0904. The lowest BCUT2D eigenvalue weighted by Gasteiger charge is -2.41. The van der Waals surface area contributed by atoms with Crippen molar-refractivity contribution >= 4 is 32.3 Å². The largest absolute Gasteiger partial charge is 0.372 e. The molecule has 3 aromatic carbocycles. The summed E-state index contributed by atoms with van der Waals surface area (Å²) in [4.78, 5) is 19.1. The molecule has 43 heavy (non-hydrogen) atoms. The molecule has 0 aliphatic carbocycles. The molecule has 0 radical (unpaired) electrons. The Labute approximate surface area is 248 Å². The summed E-state index contributed by atoms with van der Waals surface area (Å²) < 4.78 is 53.8. The smallest absolute Gasteiger partial charge is 0.255 e. The first-order chi connectivity index (χ1) is 20.7. The maximum absolute atomic E-state index is 13.8. The highest BCUT2D eigenvalue weighted by molar-refractivity contribution is 7.91. The number of piperazine rings is 1. The molecule has 0 bridgehead atoms. The van der Waals surface area contributed by atoms with E-state index < -0.39 is 32.5 Å². The molecular weight excluding hydrogens is 576 g/mol. The molecule has 1 amide bonds.